The fourth-order valence-electron chi connectivity index (χ4n) is 2.67. The minimum absolute atomic E-state index is 0.162. The molecule has 0 aliphatic carbocycles. The van der Waals surface area contributed by atoms with Gasteiger partial charge in [0.05, 0.1) is 25.7 Å². The first kappa shape index (κ1) is 20.9. The summed E-state index contributed by atoms with van der Waals surface area (Å²) in [6, 6.07) is 8.96. The van der Waals surface area contributed by atoms with Crippen molar-refractivity contribution in [3.8, 4) is 22.9 Å². The summed E-state index contributed by atoms with van der Waals surface area (Å²) in [5, 5.41) is 12.2. The van der Waals surface area contributed by atoms with Gasteiger partial charge in [-0.15, -0.1) is 10.2 Å². The van der Waals surface area contributed by atoms with E-state index in [9.17, 15) is 4.79 Å². The van der Waals surface area contributed by atoms with Crippen molar-refractivity contribution in [2.24, 2.45) is 0 Å². The molecule has 0 radical (unpaired) electrons. The van der Waals surface area contributed by atoms with Gasteiger partial charge in [-0.25, -0.2) is 4.98 Å². The molecule has 0 bridgehead atoms. The number of hydrogen-bond acceptors (Lipinski definition) is 7. The molecule has 2 aromatic heterocycles. The highest BCUT2D eigenvalue weighted by Gasteiger charge is 2.17. The lowest BCUT2D eigenvalue weighted by Crippen LogP contribution is -2.15. The quantitative estimate of drug-likeness (QED) is 0.427. The standard InChI is InChI=1S/C19H20ClN5O3S/c1-4-25-18(12-7-8-14(27-2)15(10-12)28-3)23-24-19(25)29-11-16(26)22-13-6-5-9-21-17(13)20/h5-10H,4,11H2,1-3H3,(H,22,26). The van der Waals surface area contributed by atoms with Gasteiger partial charge in [0.25, 0.3) is 0 Å². The predicted molar refractivity (Wildman–Crippen MR) is 113 cm³/mol. The van der Waals surface area contributed by atoms with Crippen LogP contribution in [0.1, 0.15) is 6.92 Å². The fraction of sp³-hybridized carbons (Fsp3) is 0.263. The second kappa shape index (κ2) is 9.62. The highest BCUT2D eigenvalue weighted by molar-refractivity contribution is 7.99. The highest BCUT2D eigenvalue weighted by atomic mass is 35.5. The minimum atomic E-state index is -0.205. The van der Waals surface area contributed by atoms with Gasteiger partial charge in [0, 0.05) is 18.3 Å². The van der Waals surface area contributed by atoms with Gasteiger partial charge in [-0.2, -0.15) is 0 Å². The summed E-state index contributed by atoms with van der Waals surface area (Å²) in [7, 11) is 3.17. The number of hydrogen-bond donors (Lipinski definition) is 1. The molecular formula is C19H20ClN5O3S. The number of ether oxygens (including phenoxy) is 2. The van der Waals surface area contributed by atoms with Crippen LogP contribution < -0.4 is 14.8 Å². The number of carbonyl (C=O) groups excluding carboxylic acids is 1. The smallest absolute Gasteiger partial charge is 0.234 e. The maximum absolute atomic E-state index is 12.3. The molecule has 0 unspecified atom stereocenters. The molecular weight excluding hydrogens is 414 g/mol. The number of methoxy groups -OCH3 is 2. The molecule has 3 aromatic rings. The molecule has 29 heavy (non-hydrogen) atoms. The number of halogens is 1. The number of nitrogens with zero attached hydrogens (tertiary/aromatic N) is 4. The molecule has 1 amide bonds. The summed E-state index contributed by atoms with van der Waals surface area (Å²) in [6.45, 7) is 2.64. The Morgan fingerprint density at radius 2 is 2.00 bits per heavy atom. The summed E-state index contributed by atoms with van der Waals surface area (Å²) >= 11 is 7.27. The van der Waals surface area contributed by atoms with Crippen LogP contribution in [-0.2, 0) is 11.3 Å². The lowest BCUT2D eigenvalue weighted by atomic mass is 10.2. The third-order valence-corrected chi connectivity index (χ3v) is 5.31. The van der Waals surface area contributed by atoms with Gasteiger partial charge in [0.2, 0.25) is 5.91 Å². The monoisotopic (exact) mass is 433 g/mol. The van der Waals surface area contributed by atoms with Crippen LogP contribution >= 0.6 is 23.4 Å². The number of amides is 1. The van der Waals surface area contributed by atoms with E-state index in [0.29, 0.717) is 34.7 Å². The first-order valence-electron chi connectivity index (χ1n) is 8.76. The van der Waals surface area contributed by atoms with Crippen LogP contribution in [-0.4, -0.2) is 45.6 Å². The number of nitrogens with one attached hydrogen (secondary N) is 1. The average molecular weight is 434 g/mol. The summed E-state index contributed by atoms with van der Waals surface area (Å²) in [5.74, 6) is 1.89. The molecule has 0 aliphatic rings. The van der Waals surface area contributed by atoms with Crippen LogP contribution in [0.4, 0.5) is 5.69 Å². The first-order chi connectivity index (χ1) is 14.1. The van der Waals surface area contributed by atoms with Crippen LogP contribution in [0.2, 0.25) is 5.15 Å². The molecule has 0 saturated heterocycles. The predicted octanol–water partition coefficient (Wildman–Crippen LogP) is 3.76. The number of rotatable bonds is 8. The summed E-state index contributed by atoms with van der Waals surface area (Å²) < 4.78 is 12.6. The Bertz CT molecular complexity index is 1010. The molecule has 0 atom stereocenters. The normalized spacial score (nSPS) is 10.6. The minimum Gasteiger partial charge on any atom is -0.493 e. The molecule has 2 heterocycles. The van der Waals surface area contributed by atoms with Gasteiger partial charge in [-0.1, -0.05) is 23.4 Å². The maximum atomic E-state index is 12.3. The molecule has 10 heteroatoms. The van der Waals surface area contributed by atoms with E-state index in [2.05, 4.69) is 20.5 Å². The van der Waals surface area contributed by atoms with E-state index < -0.39 is 0 Å². The largest absolute Gasteiger partial charge is 0.493 e. The number of thioether (sulfide) groups is 1. The highest BCUT2D eigenvalue weighted by Crippen LogP contribution is 2.32. The van der Waals surface area contributed by atoms with E-state index in [4.69, 9.17) is 21.1 Å². The Balaban J connectivity index is 1.74. The van der Waals surface area contributed by atoms with E-state index in [0.717, 1.165) is 5.56 Å². The lowest BCUT2D eigenvalue weighted by molar-refractivity contribution is -0.113. The van der Waals surface area contributed by atoms with Crippen LogP contribution in [0.5, 0.6) is 11.5 Å². The van der Waals surface area contributed by atoms with E-state index in [1.807, 2.05) is 29.7 Å². The molecule has 0 fully saturated rings. The molecule has 0 saturated carbocycles. The van der Waals surface area contributed by atoms with Crippen molar-refractivity contribution < 1.29 is 14.3 Å². The van der Waals surface area contributed by atoms with E-state index >= 15 is 0 Å². The molecule has 152 valence electrons. The molecule has 0 aliphatic heterocycles. The Morgan fingerprint density at radius 3 is 2.69 bits per heavy atom. The molecule has 1 N–H and O–H groups in total. The average Bonchev–Trinajstić information content (AvgIpc) is 3.16. The van der Waals surface area contributed by atoms with Crippen molar-refractivity contribution in [1.29, 1.82) is 0 Å². The summed E-state index contributed by atoms with van der Waals surface area (Å²) in [6.07, 6.45) is 1.56. The van der Waals surface area contributed by atoms with Crippen molar-refractivity contribution in [2.75, 3.05) is 25.3 Å². The fourth-order valence-corrected chi connectivity index (χ4v) is 3.63. The first-order valence-corrected chi connectivity index (χ1v) is 10.1. The third-order valence-electron chi connectivity index (χ3n) is 4.04. The third kappa shape index (κ3) is 4.80. The van der Waals surface area contributed by atoms with Crippen molar-refractivity contribution in [3.63, 3.8) is 0 Å². The second-order valence-corrected chi connectivity index (χ2v) is 7.10. The number of carbonyl (C=O) groups is 1. The number of anilines is 1. The molecule has 3 rings (SSSR count). The van der Waals surface area contributed by atoms with Gasteiger partial charge in [0.15, 0.2) is 27.6 Å². The van der Waals surface area contributed by atoms with Gasteiger partial charge in [-0.3, -0.25) is 4.79 Å². The van der Waals surface area contributed by atoms with Crippen LogP contribution in [0, 0.1) is 0 Å². The van der Waals surface area contributed by atoms with E-state index in [-0.39, 0.29) is 16.8 Å². The SMILES string of the molecule is CCn1c(SCC(=O)Nc2cccnc2Cl)nnc1-c1ccc(OC)c(OC)c1. The van der Waals surface area contributed by atoms with Crippen molar-refractivity contribution in [1.82, 2.24) is 19.7 Å². The van der Waals surface area contributed by atoms with E-state index in [1.165, 1.54) is 11.8 Å². The number of pyridine rings is 1. The Morgan fingerprint density at radius 1 is 1.21 bits per heavy atom. The maximum Gasteiger partial charge on any atom is 0.234 e. The molecule has 0 spiro atoms. The van der Waals surface area contributed by atoms with Gasteiger partial charge < -0.3 is 19.4 Å². The second-order valence-electron chi connectivity index (χ2n) is 5.80. The number of aromatic nitrogens is 4. The zero-order chi connectivity index (χ0) is 20.8. The zero-order valence-electron chi connectivity index (χ0n) is 16.2. The lowest BCUT2D eigenvalue weighted by Gasteiger charge is -2.11. The van der Waals surface area contributed by atoms with E-state index in [1.54, 1.807) is 32.5 Å². The van der Waals surface area contributed by atoms with Gasteiger partial charge in [-0.05, 0) is 37.3 Å². The zero-order valence-corrected chi connectivity index (χ0v) is 17.8. The molecule has 1 aromatic carbocycles. The van der Waals surface area contributed by atoms with Gasteiger partial charge in [0.1, 0.15) is 0 Å². The Hall–Kier alpha value is -2.78. The van der Waals surface area contributed by atoms with Crippen molar-refractivity contribution in [2.45, 2.75) is 18.6 Å². The Kier molecular flexibility index (Phi) is 6.95. The van der Waals surface area contributed by atoms with Crippen molar-refractivity contribution >= 4 is 35.0 Å². The number of benzene rings is 1. The molecule has 8 nitrogen and oxygen atoms in total. The van der Waals surface area contributed by atoms with Gasteiger partial charge >= 0.3 is 0 Å². The van der Waals surface area contributed by atoms with Crippen LogP contribution in [0.25, 0.3) is 11.4 Å². The summed E-state index contributed by atoms with van der Waals surface area (Å²) in [5.41, 5.74) is 1.32. The topological polar surface area (TPSA) is 91.2 Å². The van der Waals surface area contributed by atoms with Crippen LogP contribution in [0.3, 0.4) is 0 Å². The Labute approximate surface area is 177 Å². The van der Waals surface area contributed by atoms with Crippen molar-refractivity contribution in [3.05, 3.63) is 41.7 Å². The van der Waals surface area contributed by atoms with Crippen LogP contribution in [0.15, 0.2) is 41.7 Å². The summed E-state index contributed by atoms with van der Waals surface area (Å²) in [4.78, 5) is 16.2.